The molecule has 1 saturated heterocycles. The van der Waals surface area contributed by atoms with Gasteiger partial charge in [0, 0.05) is 25.8 Å². The van der Waals surface area contributed by atoms with Crippen LogP contribution in [0.4, 0.5) is 5.69 Å². The number of sulfonamides is 1. The molecule has 3 aromatic carbocycles. The lowest BCUT2D eigenvalue weighted by Crippen LogP contribution is -2.35. The largest absolute Gasteiger partial charge is 0.315 e. The highest BCUT2D eigenvalue weighted by Crippen LogP contribution is 2.23. The Balaban J connectivity index is 1.46. The Kier molecular flexibility index (Phi) is 5.88. The smallest absolute Gasteiger partial charge is 0.243 e. The zero-order chi connectivity index (χ0) is 21.1. The van der Waals surface area contributed by atoms with E-state index in [9.17, 15) is 13.2 Å². The number of benzene rings is 3. The second-order valence-corrected chi connectivity index (χ2v) is 9.71. The fourth-order valence-corrected chi connectivity index (χ4v) is 5.37. The summed E-state index contributed by atoms with van der Waals surface area (Å²) >= 11 is 0. The standard InChI is InChI=1S/C24H26N2O3S/c1-25(22-12-11-20-7-3-4-8-21(20)18-22)24(27)17-19-9-13-23(14-10-19)30(28,29)26-15-5-2-6-16-26/h3-4,7-14,18H,2,5-6,15-17H2,1H3. The molecule has 1 heterocycles. The molecule has 1 amide bonds. The third-order valence-electron chi connectivity index (χ3n) is 5.73. The van der Waals surface area contributed by atoms with Crippen LogP contribution >= 0.6 is 0 Å². The number of piperidine rings is 1. The van der Waals surface area contributed by atoms with Crippen LogP contribution in [0.2, 0.25) is 0 Å². The van der Waals surface area contributed by atoms with Crippen molar-refractivity contribution in [3.05, 3.63) is 72.3 Å². The number of hydrogen-bond acceptors (Lipinski definition) is 3. The number of anilines is 1. The van der Waals surface area contributed by atoms with Crippen LogP contribution < -0.4 is 4.90 Å². The molecule has 0 radical (unpaired) electrons. The van der Waals surface area contributed by atoms with E-state index in [-0.39, 0.29) is 12.3 Å². The summed E-state index contributed by atoms with van der Waals surface area (Å²) in [5.74, 6) is -0.0445. The highest BCUT2D eigenvalue weighted by Gasteiger charge is 2.25. The monoisotopic (exact) mass is 422 g/mol. The molecule has 0 aromatic heterocycles. The minimum absolute atomic E-state index is 0.0445. The predicted octanol–water partition coefficient (Wildman–Crippen LogP) is 4.22. The van der Waals surface area contributed by atoms with Crippen molar-refractivity contribution in [3.63, 3.8) is 0 Å². The lowest BCUT2D eigenvalue weighted by Gasteiger charge is -2.25. The van der Waals surface area contributed by atoms with Crippen LogP contribution in [0.1, 0.15) is 24.8 Å². The van der Waals surface area contributed by atoms with Gasteiger partial charge >= 0.3 is 0 Å². The molecule has 0 saturated carbocycles. The summed E-state index contributed by atoms with van der Waals surface area (Å²) in [6, 6.07) is 20.7. The maximum atomic E-state index is 12.8. The predicted molar refractivity (Wildman–Crippen MR) is 120 cm³/mol. The van der Waals surface area contributed by atoms with Crippen LogP contribution in [0.3, 0.4) is 0 Å². The summed E-state index contributed by atoms with van der Waals surface area (Å²) in [7, 11) is -1.68. The summed E-state index contributed by atoms with van der Waals surface area (Å²) in [5.41, 5.74) is 1.63. The van der Waals surface area contributed by atoms with E-state index in [4.69, 9.17) is 0 Å². The fourth-order valence-electron chi connectivity index (χ4n) is 3.86. The van der Waals surface area contributed by atoms with E-state index in [1.165, 1.54) is 0 Å². The zero-order valence-electron chi connectivity index (χ0n) is 17.1. The van der Waals surface area contributed by atoms with Crippen molar-refractivity contribution >= 4 is 32.4 Å². The maximum Gasteiger partial charge on any atom is 0.243 e. The minimum atomic E-state index is -3.45. The first kappa shape index (κ1) is 20.6. The fraction of sp³-hybridized carbons (Fsp3) is 0.292. The van der Waals surface area contributed by atoms with Gasteiger partial charge in [0.2, 0.25) is 15.9 Å². The normalized spacial score (nSPS) is 15.2. The average Bonchev–Trinajstić information content (AvgIpc) is 2.79. The number of nitrogens with zero attached hydrogens (tertiary/aromatic N) is 2. The van der Waals surface area contributed by atoms with Crippen LogP contribution in [0.5, 0.6) is 0 Å². The molecular formula is C24H26N2O3S. The van der Waals surface area contributed by atoms with Crippen LogP contribution in [-0.4, -0.2) is 38.8 Å². The van der Waals surface area contributed by atoms with E-state index in [1.54, 1.807) is 40.5 Å². The van der Waals surface area contributed by atoms with E-state index < -0.39 is 10.0 Å². The van der Waals surface area contributed by atoms with Crippen molar-refractivity contribution < 1.29 is 13.2 Å². The van der Waals surface area contributed by atoms with Crippen molar-refractivity contribution in [2.24, 2.45) is 0 Å². The van der Waals surface area contributed by atoms with Gasteiger partial charge in [-0.05, 0) is 53.4 Å². The molecule has 4 rings (SSSR count). The average molecular weight is 423 g/mol. The molecule has 5 nitrogen and oxygen atoms in total. The van der Waals surface area contributed by atoms with Gasteiger partial charge in [-0.2, -0.15) is 4.31 Å². The lowest BCUT2D eigenvalue weighted by molar-refractivity contribution is -0.117. The van der Waals surface area contributed by atoms with Crippen molar-refractivity contribution in [3.8, 4) is 0 Å². The molecule has 6 heteroatoms. The van der Waals surface area contributed by atoms with Crippen molar-refractivity contribution in [1.29, 1.82) is 0 Å². The Hall–Kier alpha value is -2.70. The Labute approximate surface area is 178 Å². The molecule has 0 unspecified atom stereocenters. The third kappa shape index (κ3) is 4.25. The molecular weight excluding hydrogens is 396 g/mol. The van der Waals surface area contributed by atoms with Gasteiger partial charge in [-0.25, -0.2) is 8.42 Å². The molecule has 0 atom stereocenters. The molecule has 0 spiro atoms. The van der Waals surface area contributed by atoms with Gasteiger partial charge < -0.3 is 4.90 Å². The number of likely N-dealkylation sites (N-methyl/N-ethyl adjacent to an activating group) is 1. The van der Waals surface area contributed by atoms with Crippen molar-refractivity contribution in [2.45, 2.75) is 30.6 Å². The number of fused-ring (bicyclic) bond motifs is 1. The number of carbonyl (C=O) groups excluding carboxylic acids is 1. The Bertz CT molecular complexity index is 1150. The van der Waals surface area contributed by atoms with Crippen molar-refractivity contribution in [2.75, 3.05) is 25.0 Å². The highest BCUT2D eigenvalue weighted by molar-refractivity contribution is 7.89. The molecule has 1 aliphatic heterocycles. The number of carbonyl (C=O) groups is 1. The first-order chi connectivity index (χ1) is 14.4. The SMILES string of the molecule is CN(C(=O)Cc1ccc(S(=O)(=O)N2CCCCC2)cc1)c1ccc2ccccc2c1. The number of amides is 1. The van der Waals surface area contributed by atoms with E-state index >= 15 is 0 Å². The first-order valence-corrected chi connectivity index (χ1v) is 11.7. The molecule has 0 N–H and O–H groups in total. The summed E-state index contributed by atoms with van der Waals surface area (Å²) in [4.78, 5) is 14.7. The molecule has 0 bridgehead atoms. The summed E-state index contributed by atoms with van der Waals surface area (Å²) in [5, 5.41) is 2.22. The van der Waals surface area contributed by atoms with Gasteiger partial charge in [-0.15, -0.1) is 0 Å². The van der Waals surface area contributed by atoms with Gasteiger partial charge in [0.05, 0.1) is 11.3 Å². The Morgan fingerprint density at radius 2 is 1.57 bits per heavy atom. The van der Waals surface area contributed by atoms with Crippen LogP contribution in [0, 0.1) is 0 Å². The van der Waals surface area contributed by atoms with Gasteiger partial charge in [0.1, 0.15) is 0 Å². The minimum Gasteiger partial charge on any atom is -0.315 e. The van der Waals surface area contributed by atoms with E-state index in [0.29, 0.717) is 18.0 Å². The third-order valence-corrected chi connectivity index (χ3v) is 7.64. The van der Waals surface area contributed by atoms with Crippen LogP contribution in [-0.2, 0) is 21.2 Å². The lowest BCUT2D eigenvalue weighted by atomic mass is 10.1. The number of rotatable bonds is 5. The summed E-state index contributed by atoms with van der Waals surface area (Å²) in [6.07, 6.45) is 3.12. The van der Waals surface area contributed by atoms with Crippen LogP contribution in [0.25, 0.3) is 10.8 Å². The molecule has 1 aliphatic rings. The Morgan fingerprint density at radius 1 is 0.900 bits per heavy atom. The van der Waals surface area contributed by atoms with E-state index in [2.05, 4.69) is 0 Å². The van der Waals surface area contributed by atoms with Gasteiger partial charge in [-0.3, -0.25) is 4.79 Å². The molecule has 3 aromatic rings. The summed E-state index contributed by atoms with van der Waals surface area (Å²) < 4.78 is 27.1. The summed E-state index contributed by atoms with van der Waals surface area (Å²) in [6.45, 7) is 1.16. The quantitative estimate of drug-likeness (QED) is 0.619. The van der Waals surface area contributed by atoms with E-state index in [0.717, 1.165) is 41.3 Å². The maximum absolute atomic E-state index is 12.8. The second kappa shape index (κ2) is 8.58. The Morgan fingerprint density at radius 3 is 2.27 bits per heavy atom. The molecule has 156 valence electrons. The van der Waals surface area contributed by atoms with Crippen LogP contribution in [0.15, 0.2) is 71.6 Å². The second-order valence-electron chi connectivity index (χ2n) is 7.77. The first-order valence-electron chi connectivity index (χ1n) is 10.3. The zero-order valence-corrected chi connectivity index (χ0v) is 17.9. The van der Waals surface area contributed by atoms with E-state index in [1.807, 2.05) is 42.5 Å². The van der Waals surface area contributed by atoms with Gasteiger partial charge in [0.15, 0.2) is 0 Å². The van der Waals surface area contributed by atoms with Crippen molar-refractivity contribution in [1.82, 2.24) is 4.31 Å². The highest BCUT2D eigenvalue weighted by atomic mass is 32.2. The van der Waals surface area contributed by atoms with Gasteiger partial charge in [0.25, 0.3) is 0 Å². The number of hydrogen-bond donors (Lipinski definition) is 0. The topological polar surface area (TPSA) is 57.7 Å². The molecule has 30 heavy (non-hydrogen) atoms. The molecule has 0 aliphatic carbocycles. The van der Waals surface area contributed by atoms with Gasteiger partial charge in [-0.1, -0.05) is 48.9 Å². The molecule has 1 fully saturated rings.